The molecule has 0 aliphatic rings. The fraction of sp³-hybridized carbons (Fsp3) is 0.286. The molecule has 2 rings (SSSR count). The molecule has 0 radical (unpaired) electrons. The Kier molecular flexibility index (Phi) is 5.20. The van der Waals surface area contributed by atoms with Crippen molar-refractivity contribution in [2.24, 2.45) is 0 Å². The maximum absolute atomic E-state index is 12.8. The van der Waals surface area contributed by atoms with Crippen LogP contribution in [0.3, 0.4) is 0 Å². The summed E-state index contributed by atoms with van der Waals surface area (Å²) < 4.78 is 12.8. The summed E-state index contributed by atoms with van der Waals surface area (Å²) in [6, 6.07) is 8.36. The second-order valence-corrected chi connectivity index (χ2v) is 5.60. The van der Waals surface area contributed by atoms with E-state index < -0.39 is 0 Å². The van der Waals surface area contributed by atoms with Crippen LogP contribution >= 0.6 is 23.4 Å². The molecule has 0 saturated carbocycles. The average Bonchev–Trinajstić information content (AvgIpc) is 2.40. The number of halogens is 2. The summed E-state index contributed by atoms with van der Waals surface area (Å²) in [5.74, 6) is 0.477. The van der Waals surface area contributed by atoms with Crippen molar-refractivity contribution in [1.29, 1.82) is 0 Å². The highest BCUT2D eigenvalue weighted by Crippen LogP contribution is 2.18. The SMILES string of the molecule is CSc1nc(Cl)cc(NC(C)Cc2ccc(F)cc2)n1. The lowest BCUT2D eigenvalue weighted by molar-refractivity contribution is 0.626. The van der Waals surface area contributed by atoms with Crippen LogP contribution in [0.15, 0.2) is 35.5 Å². The number of nitrogens with zero attached hydrogens (tertiary/aromatic N) is 2. The number of anilines is 1. The molecule has 20 heavy (non-hydrogen) atoms. The Balaban J connectivity index is 2.02. The van der Waals surface area contributed by atoms with Gasteiger partial charge in [-0.1, -0.05) is 35.5 Å². The molecule has 1 unspecified atom stereocenters. The molecule has 0 aliphatic carbocycles. The second kappa shape index (κ2) is 6.90. The predicted octanol–water partition coefficient (Wildman–Crippen LogP) is 4.03. The Labute approximate surface area is 127 Å². The first kappa shape index (κ1) is 15.1. The maximum atomic E-state index is 12.8. The molecule has 0 saturated heterocycles. The highest BCUT2D eigenvalue weighted by Gasteiger charge is 2.07. The summed E-state index contributed by atoms with van der Waals surface area (Å²) >= 11 is 7.39. The molecule has 6 heteroatoms. The summed E-state index contributed by atoms with van der Waals surface area (Å²) in [6.45, 7) is 2.04. The normalized spacial score (nSPS) is 12.2. The molecule has 1 N–H and O–H groups in total. The summed E-state index contributed by atoms with van der Waals surface area (Å²) in [5.41, 5.74) is 1.07. The first-order valence-corrected chi connectivity index (χ1v) is 7.76. The zero-order valence-corrected chi connectivity index (χ0v) is 12.8. The zero-order valence-electron chi connectivity index (χ0n) is 11.2. The van der Waals surface area contributed by atoms with Crippen LogP contribution in [0.1, 0.15) is 12.5 Å². The number of hydrogen-bond acceptors (Lipinski definition) is 4. The van der Waals surface area contributed by atoms with Gasteiger partial charge in [0, 0.05) is 12.1 Å². The topological polar surface area (TPSA) is 37.8 Å². The van der Waals surface area contributed by atoms with E-state index in [1.807, 2.05) is 13.2 Å². The van der Waals surface area contributed by atoms with E-state index in [-0.39, 0.29) is 11.9 Å². The molecular formula is C14H15ClFN3S. The number of thioether (sulfide) groups is 1. The smallest absolute Gasteiger partial charge is 0.190 e. The third kappa shape index (κ3) is 4.35. The Morgan fingerprint density at radius 3 is 2.65 bits per heavy atom. The van der Waals surface area contributed by atoms with E-state index in [9.17, 15) is 4.39 Å². The molecule has 0 spiro atoms. The molecule has 1 heterocycles. The molecule has 0 bridgehead atoms. The Bertz CT molecular complexity index is 577. The van der Waals surface area contributed by atoms with Gasteiger partial charge in [0.2, 0.25) is 0 Å². The van der Waals surface area contributed by atoms with Gasteiger partial charge in [-0.25, -0.2) is 14.4 Å². The second-order valence-electron chi connectivity index (χ2n) is 4.44. The van der Waals surface area contributed by atoms with E-state index in [0.717, 1.165) is 12.0 Å². The van der Waals surface area contributed by atoms with E-state index in [2.05, 4.69) is 15.3 Å². The van der Waals surface area contributed by atoms with Gasteiger partial charge in [-0.15, -0.1) is 0 Å². The van der Waals surface area contributed by atoms with Gasteiger partial charge < -0.3 is 5.32 Å². The molecular weight excluding hydrogens is 297 g/mol. The monoisotopic (exact) mass is 311 g/mol. The lowest BCUT2D eigenvalue weighted by Crippen LogP contribution is -2.19. The lowest BCUT2D eigenvalue weighted by Gasteiger charge is -2.15. The minimum atomic E-state index is -0.221. The van der Waals surface area contributed by atoms with Crippen LogP contribution in [0.25, 0.3) is 0 Å². The van der Waals surface area contributed by atoms with Gasteiger partial charge in [-0.3, -0.25) is 0 Å². The molecule has 0 fully saturated rings. The highest BCUT2D eigenvalue weighted by molar-refractivity contribution is 7.98. The first-order chi connectivity index (χ1) is 9.56. The maximum Gasteiger partial charge on any atom is 0.190 e. The Hall–Kier alpha value is -1.33. The number of rotatable bonds is 5. The summed E-state index contributed by atoms with van der Waals surface area (Å²) in [4.78, 5) is 8.43. The highest BCUT2D eigenvalue weighted by atomic mass is 35.5. The van der Waals surface area contributed by atoms with Gasteiger partial charge in [0.25, 0.3) is 0 Å². The molecule has 3 nitrogen and oxygen atoms in total. The summed E-state index contributed by atoms with van der Waals surface area (Å²) in [6.07, 6.45) is 2.67. The van der Waals surface area contributed by atoms with Crippen molar-refractivity contribution >= 4 is 29.2 Å². The van der Waals surface area contributed by atoms with Crippen molar-refractivity contribution in [2.75, 3.05) is 11.6 Å². The number of aromatic nitrogens is 2. The van der Waals surface area contributed by atoms with Crippen LogP contribution in [0.5, 0.6) is 0 Å². The van der Waals surface area contributed by atoms with E-state index in [4.69, 9.17) is 11.6 Å². The summed E-state index contributed by atoms with van der Waals surface area (Å²) in [5, 5.41) is 4.33. The number of hydrogen-bond donors (Lipinski definition) is 1. The molecule has 1 atom stereocenters. The number of benzene rings is 1. The van der Waals surface area contributed by atoms with Crippen LogP contribution in [0.2, 0.25) is 5.15 Å². The predicted molar refractivity (Wildman–Crippen MR) is 82.0 cm³/mol. The van der Waals surface area contributed by atoms with Gasteiger partial charge >= 0.3 is 0 Å². The van der Waals surface area contributed by atoms with Crippen LogP contribution in [0.4, 0.5) is 10.2 Å². The van der Waals surface area contributed by atoms with E-state index >= 15 is 0 Å². The third-order valence-corrected chi connectivity index (χ3v) is 3.45. The van der Waals surface area contributed by atoms with Crippen molar-refractivity contribution < 1.29 is 4.39 Å². The van der Waals surface area contributed by atoms with Crippen molar-refractivity contribution in [1.82, 2.24) is 9.97 Å². The molecule has 0 amide bonds. The Morgan fingerprint density at radius 2 is 2.00 bits per heavy atom. The van der Waals surface area contributed by atoms with Crippen LogP contribution < -0.4 is 5.32 Å². The first-order valence-electron chi connectivity index (χ1n) is 6.16. The van der Waals surface area contributed by atoms with Gasteiger partial charge in [-0.05, 0) is 37.3 Å². The molecule has 1 aromatic carbocycles. The van der Waals surface area contributed by atoms with Crippen molar-refractivity contribution in [3.05, 3.63) is 46.9 Å². The fourth-order valence-corrected chi connectivity index (χ4v) is 2.45. The molecule has 1 aromatic heterocycles. The van der Waals surface area contributed by atoms with Crippen molar-refractivity contribution in [3.8, 4) is 0 Å². The van der Waals surface area contributed by atoms with E-state index in [1.54, 1.807) is 18.2 Å². The van der Waals surface area contributed by atoms with Crippen LogP contribution in [-0.2, 0) is 6.42 Å². The summed E-state index contributed by atoms with van der Waals surface area (Å²) in [7, 11) is 0. The van der Waals surface area contributed by atoms with Crippen LogP contribution in [0, 0.1) is 5.82 Å². The van der Waals surface area contributed by atoms with Crippen molar-refractivity contribution in [2.45, 2.75) is 24.5 Å². The average molecular weight is 312 g/mol. The number of nitrogens with one attached hydrogen (secondary N) is 1. The standard InChI is InChI=1S/C14H15ClFN3S/c1-9(7-10-3-5-11(16)6-4-10)17-13-8-12(15)18-14(19-13)20-2/h3-6,8-9H,7H2,1-2H3,(H,17,18,19). The Morgan fingerprint density at radius 1 is 1.30 bits per heavy atom. The van der Waals surface area contributed by atoms with Crippen molar-refractivity contribution in [3.63, 3.8) is 0 Å². The van der Waals surface area contributed by atoms with Gasteiger partial charge in [0.1, 0.15) is 16.8 Å². The molecule has 2 aromatic rings. The fourth-order valence-electron chi connectivity index (χ4n) is 1.84. The van der Waals surface area contributed by atoms with E-state index in [1.165, 1.54) is 23.9 Å². The largest absolute Gasteiger partial charge is 0.367 e. The van der Waals surface area contributed by atoms with Gasteiger partial charge in [0.05, 0.1) is 0 Å². The van der Waals surface area contributed by atoms with Gasteiger partial charge in [-0.2, -0.15) is 0 Å². The zero-order chi connectivity index (χ0) is 14.5. The molecule has 106 valence electrons. The quantitative estimate of drug-likeness (QED) is 0.514. The van der Waals surface area contributed by atoms with Crippen LogP contribution in [-0.4, -0.2) is 22.3 Å². The lowest BCUT2D eigenvalue weighted by atomic mass is 10.1. The molecule has 0 aliphatic heterocycles. The minimum Gasteiger partial charge on any atom is -0.367 e. The minimum absolute atomic E-state index is 0.154. The third-order valence-electron chi connectivity index (χ3n) is 2.71. The van der Waals surface area contributed by atoms with E-state index in [0.29, 0.717) is 16.1 Å². The van der Waals surface area contributed by atoms with Gasteiger partial charge in [0.15, 0.2) is 5.16 Å².